The Bertz CT molecular complexity index is 1010. The summed E-state index contributed by atoms with van der Waals surface area (Å²) in [7, 11) is 1.55. The van der Waals surface area contributed by atoms with Crippen LogP contribution < -0.4 is 21.0 Å². The van der Waals surface area contributed by atoms with Crippen molar-refractivity contribution in [3.8, 4) is 5.75 Å². The topological polar surface area (TPSA) is 97.6 Å². The first-order valence-corrected chi connectivity index (χ1v) is 7.84. The van der Waals surface area contributed by atoms with Crippen molar-refractivity contribution < 1.29 is 18.7 Å². The Labute approximate surface area is 148 Å². The van der Waals surface area contributed by atoms with Gasteiger partial charge >= 0.3 is 5.63 Å². The predicted molar refractivity (Wildman–Crippen MR) is 96.4 cm³/mol. The van der Waals surface area contributed by atoms with Crippen LogP contribution in [0, 0.1) is 0 Å². The summed E-state index contributed by atoms with van der Waals surface area (Å²) in [4.78, 5) is 34.7. The highest BCUT2D eigenvalue weighted by molar-refractivity contribution is 5.96. The van der Waals surface area contributed by atoms with E-state index < -0.39 is 5.63 Å². The van der Waals surface area contributed by atoms with E-state index in [2.05, 4.69) is 10.6 Å². The van der Waals surface area contributed by atoms with E-state index in [4.69, 9.17) is 9.15 Å². The Morgan fingerprint density at radius 3 is 2.50 bits per heavy atom. The van der Waals surface area contributed by atoms with Crippen LogP contribution >= 0.6 is 0 Å². The Hall–Kier alpha value is -3.61. The van der Waals surface area contributed by atoms with Crippen LogP contribution in [0.15, 0.2) is 63.8 Å². The van der Waals surface area contributed by atoms with Crippen molar-refractivity contribution >= 4 is 28.5 Å². The van der Waals surface area contributed by atoms with E-state index in [-0.39, 0.29) is 18.4 Å². The number of anilines is 1. The van der Waals surface area contributed by atoms with E-state index in [1.807, 2.05) is 0 Å². The van der Waals surface area contributed by atoms with Crippen molar-refractivity contribution in [3.63, 3.8) is 0 Å². The monoisotopic (exact) mass is 352 g/mol. The molecule has 26 heavy (non-hydrogen) atoms. The second kappa shape index (κ2) is 7.52. The minimum absolute atomic E-state index is 0.200. The first kappa shape index (κ1) is 17.2. The van der Waals surface area contributed by atoms with E-state index in [1.54, 1.807) is 55.6 Å². The molecule has 0 saturated heterocycles. The number of ether oxygens (including phenoxy) is 1. The molecule has 0 aliphatic rings. The van der Waals surface area contributed by atoms with Gasteiger partial charge in [0.2, 0.25) is 0 Å². The molecule has 0 radical (unpaired) electrons. The van der Waals surface area contributed by atoms with Crippen LogP contribution in [0.2, 0.25) is 0 Å². The van der Waals surface area contributed by atoms with Gasteiger partial charge in [0.25, 0.3) is 11.8 Å². The minimum atomic E-state index is -0.451. The largest absolute Gasteiger partial charge is 0.484 e. The van der Waals surface area contributed by atoms with E-state index >= 15 is 0 Å². The van der Waals surface area contributed by atoms with Crippen molar-refractivity contribution in [3.05, 3.63) is 70.6 Å². The molecule has 2 N–H and O–H groups in total. The molecule has 0 spiro atoms. The number of amides is 2. The maximum atomic E-state index is 12.0. The molecule has 0 saturated carbocycles. The highest BCUT2D eigenvalue weighted by Gasteiger charge is 2.07. The number of carbonyl (C=O) groups excluding carboxylic acids is 2. The van der Waals surface area contributed by atoms with Crippen LogP contribution in [0.3, 0.4) is 0 Å². The van der Waals surface area contributed by atoms with E-state index in [0.717, 1.165) is 5.39 Å². The van der Waals surface area contributed by atoms with E-state index in [0.29, 0.717) is 22.6 Å². The molecule has 7 nitrogen and oxygen atoms in total. The molecule has 2 amide bonds. The van der Waals surface area contributed by atoms with Crippen LogP contribution in [0.5, 0.6) is 5.75 Å². The zero-order valence-corrected chi connectivity index (χ0v) is 13.9. The van der Waals surface area contributed by atoms with Crippen molar-refractivity contribution in [1.82, 2.24) is 5.32 Å². The average Bonchev–Trinajstić information content (AvgIpc) is 2.66. The quantitative estimate of drug-likeness (QED) is 0.686. The lowest BCUT2D eigenvalue weighted by molar-refractivity contribution is -0.118. The molecular weight excluding hydrogens is 336 g/mol. The second-order valence-corrected chi connectivity index (χ2v) is 5.45. The van der Waals surface area contributed by atoms with Gasteiger partial charge in [0.1, 0.15) is 11.3 Å². The maximum absolute atomic E-state index is 12.0. The summed E-state index contributed by atoms with van der Waals surface area (Å²) in [5.74, 6) is -0.140. The fourth-order valence-electron chi connectivity index (χ4n) is 2.33. The molecule has 0 aliphatic heterocycles. The van der Waals surface area contributed by atoms with Gasteiger partial charge < -0.3 is 19.8 Å². The third-order valence-corrected chi connectivity index (χ3v) is 3.62. The van der Waals surface area contributed by atoms with Crippen LogP contribution in [0.1, 0.15) is 10.4 Å². The Kier molecular flexibility index (Phi) is 4.98. The lowest BCUT2D eigenvalue weighted by Gasteiger charge is -2.08. The summed E-state index contributed by atoms with van der Waals surface area (Å²) in [6.07, 6.45) is 0. The highest BCUT2D eigenvalue weighted by Crippen LogP contribution is 2.19. The van der Waals surface area contributed by atoms with Gasteiger partial charge in [-0.15, -0.1) is 0 Å². The summed E-state index contributed by atoms with van der Waals surface area (Å²) < 4.78 is 10.5. The molecule has 0 fully saturated rings. The van der Waals surface area contributed by atoms with Gasteiger partial charge in [-0.05, 0) is 42.5 Å². The molecule has 2 aromatic carbocycles. The lowest BCUT2D eigenvalue weighted by atomic mass is 10.2. The number of hydrogen-bond acceptors (Lipinski definition) is 5. The third kappa shape index (κ3) is 4.07. The molecule has 7 heteroatoms. The van der Waals surface area contributed by atoms with E-state index in [1.165, 1.54) is 6.07 Å². The van der Waals surface area contributed by atoms with Crippen LogP contribution in [-0.4, -0.2) is 25.5 Å². The van der Waals surface area contributed by atoms with Crippen molar-refractivity contribution in [1.29, 1.82) is 0 Å². The second-order valence-electron chi connectivity index (χ2n) is 5.45. The smallest absolute Gasteiger partial charge is 0.336 e. The van der Waals surface area contributed by atoms with Gasteiger partial charge in [-0.3, -0.25) is 9.59 Å². The van der Waals surface area contributed by atoms with Gasteiger partial charge in [-0.2, -0.15) is 0 Å². The Morgan fingerprint density at radius 1 is 1.04 bits per heavy atom. The normalized spacial score (nSPS) is 10.3. The molecule has 0 aliphatic carbocycles. The first-order valence-electron chi connectivity index (χ1n) is 7.84. The van der Waals surface area contributed by atoms with Crippen LogP contribution in [0.25, 0.3) is 11.0 Å². The summed E-state index contributed by atoms with van der Waals surface area (Å²) >= 11 is 0. The maximum Gasteiger partial charge on any atom is 0.336 e. The number of carbonyl (C=O) groups is 2. The fraction of sp³-hybridized carbons (Fsp3) is 0.105. The summed E-state index contributed by atoms with van der Waals surface area (Å²) in [6.45, 7) is -0.209. The molecule has 132 valence electrons. The third-order valence-electron chi connectivity index (χ3n) is 3.62. The number of benzene rings is 2. The lowest BCUT2D eigenvalue weighted by Crippen LogP contribution is -2.20. The average molecular weight is 352 g/mol. The molecular formula is C19H16N2O5. The standard InChI is InChI=1S/C19H16N2O5/c1-20-19(24)13-2-6-14(7-3-13)21-17(22)11-25-15-8-4-12-5-9-18(23)26-16(12)10-15/h2-10H,11H2,1H3,(H,20,24)(H,21,22). The zero-order chi connectivity index (χ0) is 18.5. The molecule has 3 rings (SSSR count). The molecule has 3 aromatic rings. The van der Waals surface area contributed by atoms with Gasteiger partial charge in [0.05, 0.1) is 0 Å². The SMILES string of the molecule is CNC(=O)c1ccc(NC(=O)COc2ccc3ccc(=O)oc3c2)cc1. The Morgan fingerprint density at radius 2 is 1.77 bits per heavy atom. The van der Waals surface area contributed by atoms with Gasteiger partial charge in [0.15, 0.2) is 6.61 Å². The number of hydrogen-bond donors (Lipinski definition) is 2. The molecule has 0 atom stereocenters. The molecule has 1 aromatic heterocycles. The fourth-order valence-corrected chi connectivity index (χ4v) is 2.33. The number of fused-ring (bicyclic) bond motifs is 1. The van der Waals surface area contributed by atoms with Crippen molar-refractivity contribution in [2.45, 2.75) is 0 Å². The van der Waals surface area contributed by atoms with Crippen LogP contribution in [0.4, 0.5) is 5.69 Å². The van der Waals surface area contributed by atoms with Gasteiger partial charge in [-0.25, -0.2) is 4.79 Å². The molecule has 1 heterocycles. The molecule has 0 bridgehead atoms. The number of rotatable bonds is 5. The molecule has 0 unspecified atom stereocenters. The van der Waals surface area contributed by atoms with Crippen molar-refractivity contribution in [2.24, 2.45) is 0 Å². The van der Waals surface area contributed by atoms with E-state index in [9.17, 15) is 14.4 Å². The number of nitrogens with one attached hydrogen (secondary N) is 2. The predicted octanol–water partition coefficient (Wildman–Crippen LogP) is 2.17. The summed E-state index contributed by atoms with van der Waals surface area (Å²) in [6, 6.07) is 14.5. The van der Waals surface area contributed by atoms with Crippen molar-refractivity contribution in [2.75, 3.05) is 19.0 Å². The summed E-state index contributed by atoms with van der Waals surface area (Å²) in [5.41, 5.74) is 0.989. The highest BCUT2D eigenvalue weighted by atomic mass is 16.5. The first-order chi connectivity index (χ1) is 12.5. The van der Waals surface area contributed by atoms with Gasteiger partial charge in [-0.1, -0.05) is 0 Å². The zero-order valence-electron chi connectivity index (χ0n) is 13.9. The summed E-state index contributed by atoms with van der Waals surface area (Å²) in [5, 5.41) is 5.96. The van der Waals surface area contributed by atoms with Crippen LogP contribution in [-0.2, 0) is 4.79 Å². The Balaban J connectivity index is 1.60. The van der Waals surface area contributed by atoms with Gasteiger partial charge in [0, 0.05) is 35.8 Å². The minimum Gasteiger partial charge on any atom is -0.484 e.